The van der Waals surface area contributed by atoms with Crippen LogP contribution in [0.3, 0.4) is 0 Å². The first-order valence-corrected chi connectivity index (χ1v) is 6.94. The summed E-state index contributed by atoms with van der Waals surface area (Å²) in [6, 6.07) is 6.38. The predicted octanol–water partition coefficient (Wildman–Crippen LogP) is 2.26. The predicted molar refractivity (Wildman–Crippen MR) is 73.1 cm³/mol. The lowest BCUT2D eigenvalue weighted by molar-refractivity contribution is -0.641. The zero-order valence-electron chi connectivity index (χ0n) is 9.95. The molecular weight excluding hydrogens is 256 g/mol. The molecule has 0 fully saturated rings. The zero-order valence-corrected chi connectivity index (χ0v) is 10.8. The average molecular weight is 265 g/mol. The van der Waals surface area contributed by atoms with Crippen LogP contribution in [0.15, 0.2) is 43.1 Å². The summed E-state index contributed by atoms with van der Waals surface area (Å²) in [6.45, 7) is 0.919. The number of rotatable bonds is 0. The summed E-state index contributed by atoms with van der Waals surface area (Å²) >= 11 is 1.82. The van der Waals surface area contributed by atoms with Crippen LogP contribution in [-0.2, 0) is 6.54 Å². The summed E-state index contributed by atoms with van der Waals surface area (Å²) in [5.74, 6) is 0. The summed E-state index contributed by atoms with van der Waals surface area (Å²) in [4.78, 5) is 9.69. The highest BCUT2D eigenvalue weighted by atomic mass is 32.1. The SMILES string of the molecule is c1cc2c(cn1)C[n+]1c-2sc2c1cc1ccncn12. The number of hydrogen-bond donors (Lipinski definition) is 0. The van der Waals surface area contributed by atoms with E-state index in [1.165, 1.54) is 32.0 Å². The summed E-state index contributed by atoms with van der Waals surface area (Å²) in [5, 5.41) is 1.32. The second-order valence-electron chi connectivity index (χ2n) is 4.74. The molecule has 4 nitrogen and oxygen atoms in total. The molecule has 90 valence electrons. The highest BCUT2D eigenvalue weighted by Crippen LogP contribution is 2.35. The molecule has 0 aliphatic carbocycles. The maximum absolute atomic E-state index is 4.22. The first-order chi connectivity index (χ1) is 9.42. The molecule has 4 aromatic rings. The van der Waals surface area contributed by atoms with Crippen molar-refractivity contribution >= 4 is 27.2 Å². The van der Waals surface area contributed by atoms with E-state index in [9.17, 15) is 0 Å². The maximum atomic E-state index is 4.22. The maximum Gasteiger partial charge on any atom is 0.272 e. The first kappa shape index (κ1) is 9.63. The molecule has 0 amide bonds. The lowest BCUT2D eigenvalue weighted by Gasteiger charge is -1.91. The van der Waals surface area contributed by atoms with Crippen molar-refractivity contribution in [3.05, 3.63) is 48.7 Å². The fourth-order valence-corrected chi connectivity index (χ4v) is 4.11. The Bertz CT molecular complexity index is 951. The van der Waals surface area contributed by atoms with Crippen LogP contribution in [0.5, 0.6) is 0 Å². The molecule has 5 rings (SSSR count). The van der Waals surface area contributed by atoms with Crippen molar-refractivity contribution in [3.8, 4) is 10.6 Å². The molecule has 0 saturated heterocycles. The molecule has 1 aliphatic heterocycles. The quantitative estimate of drug-likeness (QED) is 0.402. The molecule has 0 unspecified atom stereocenters. The third kappa shape index (κ3) is 1.11. The van der Waals surface area contributed by atoms with Gasteiger partial charge in [-0.15, -0.1) is 0 Å². The molecule has 0 radical (unpaired) electrons. The van der Waals surface area contributed by atoms with E-state index in [-0.39, 0.29) is 0 Å². The van der Waals surface area contributed by atoms with Crippen molar-refractivity contribution in [1.82, 2.24) is 14.4 Å². The monoisotopic (exact) mass is 265 g/mol. The molecule has 4 aromatic heterocycles. The second-order valence-corrected chi connectivity index (χ2v) is 5.71. The van der Waals surface area contributed by atoms with Gasteiger partial charge in [0.05, 0.1) is 11.1 Å². The summed E-state index contributed by atoms with van der Waals surface area (Å²) in [6.07, 6.45) is 7.56. The van der Waals surface area contributed by atoms with Gasteiger partial charge in [-0.3, -0.25) is 9.38 Å². The van der Waals surface area contributed by atoms with Gasteiger partial charge in [-0.2, -0.15) is 4.57 Å². The number of pyridine rings is 1. The van der Waals surface area contributed by atoms with E-state index in [0.29, 0.717) is 0 Å². The van der Waals surface area contributed by atoms with Crippen LogP contribution in [-0.4, -0.2) is 14.4 Å². The molecule has 0 saturated carbocycles. The molecular formula is C14H9N4S+. The van der Waals surface area contributed by atoms with E-state index in [4.69, 9.17) is 0 Å². The van der Waals surface area contributed by atoms with E-state index in [1.807, 2.05) is 42.3 Å². The van der Waals surface area contributed by atoms with Gasteiger partial charge >= 0.3 is 0 Å². The minimum absolute atomic E-state index is 0.919. The fraction of sp³-hybridized carbons (Fsp3) is 0.0714. The minimum Gasteiger partial charge on any atom is -0.286 e. The van der Waals surface area contributed by atoms with Crippen molar-refractivity contribution < 1.29 is 4.57 Å². The van der Waals surface area contributed by atoms with Crippen molar-refractivity contribution in [3.63, 3.8) is 0 Å². The van der Waals surface area contributed by atoms with E-state index >= 15 is 0 Å². The fourth-order valence-electron chi connectivity index (χ4n) is 2.82. The van der Waals surface area contributed by atoms with Gasteiger partial charge in [0.25, 0.3) is 5.01 Å². The van der Waals surface area contributed by atoms with E-state index in [2.05, 4.69) is 31.1 Å². The standard InChI is InChI=1S/C14H9N4S/c1-3-16-8-18-10(1)5-12-14(18)19-13-11-2-4-15-6-9(11)7-17(12)13/h1-6,8H,7H2/q+1. The molecule has 0 aromatic carbocycles. The molecule has 0 N–H and O–H groups in total. The number of fused-ring (bicyclic) bond motifs is 7. The number of hydrogen-bond acceptors (Lipinski definition) is 3. The third-order valence-electron chi connectivity index (χ3n) is 3.71. The van der Waals surface area contributed by atoms with Gasteiger partial charge in [-0.25, -0.2) is 4.98 Å². The average Bonchev–Trinajstić information content (AvgIpc) is 3.07. The minimum atomic E-state index is 0.919. The van der Waals surface area contributed by atoms with Crippen molar-refractivity contribution in [2.75, 3.05) is 0 Å². The summed E-state index contributed by atoms with van der Waals surface area (Å²) < 4.78 is 4.53. The van der Waals surface area contributed by atoms with E-state index in [1.54, 1.807) is 0 Å². The van der Waals surface area contributed by atoms with Gasteiger partial charge in [-0.05, 0) is 23.5 Å². The lowest BCUT2D eigenvalue weighted by atomic mass is 10.2. The van der Waals surface area contributed by atoms with Crippen LogP contribution in [0.4, 0.5) is 0 Å². The Kier molecular flexibility index (Phi) is 1.62. The topological polar surface area (TPSA) is 34.1 Å². The Morgan fingerprint density at radius 1 is 1.21 bits per heavy atom. The van der Waals surface area contributed by atoms with Crippen LogP contribution < -0.4 is 4.57 Å². The molecule has 0 spiro atoms. The van der Waals surface area contributed by atoms with Crippen molar-refractivity contribution in [1.29, 1.82) is 0 Å². The Morgan fingerprint density at radius 3 is 3.16 bits per heavy atom. The molecule has 0 bridgehead atoms. The normalized spacial score (nSPS) is 13.1. The molecule has 5 heterocycles. The van der Waals surface area contributed by atoms with E-state index in [0.717, 1.165) is 6.54 Å². The largest absolute Gasteiger partial charge is 0.286 e. The summed E-state index contributed by atoms with van der Waals surface area (Å²) in [7, 11) is 0. The highest BCUT2D eigenvalue weighted by Gasteiger charge is 2.33. The van der Waals surface area contributed by atoms with Crippen LogP contribution in [0.25, 0.3) is 26.4 Å². The number of thiazole rings is 1. The molecule has 5 heteroatoms. The Hall–Kier alpha value is -2.27. The second kappa shape index (κ2) is 3.19. The summed E-state index contributed by atoms with van der Waals surface area (Å²) in [5.41, 5.74) is 5.10. The van der Waals surface area contributed by atoms with Crippen molar-refractivity contribution in [2.45, 2.75) is 6.54 Å². The van der Waals surface area contributed by atoms with E-state index < -0.39 is 0 Å². The van der Waals surface area contributed by atoms with Crippen LogP contribution in [0.1, 0.15) is 5.56 Å². The molecule has 1 aliphatic rings. The Labute approximate surface area is 112 Å². The van der Waals surface area contributed by atoms with Gasteiger partial charge in [0.15, 0.2) is 11.4 Å². The van der Waals surface area contributed by atoms with Gasteiger partial charge < -0.3 is 0 Å². The zero-order chi connectivity index (χ0) is 12.4. The number of nitrogens with zero attached hydrogens (tertiary/aromatic N) is 4. The van der Waals surface area contributed by atoms with Crippen molar-refractivity contribution in [2.24, 2.45) is 0 Å². The van der Waals surface area contributed by atoms with Crippen LogP contribution >= 0.6 is 11.3 Å². The van der Waals surface area contributed by atoms with Gasteiger partial charge in [0.1, 0.15) is 6.33 Å². The Balaban J connectivity index is 1.93. The first-order valence-electron chi connectivity index (χ1n) is 6.12. The van der Waals surface area contributed by atoms with Gasteiger partial charge in [-0.1, -0.05) is 0 Å². The third-order valence-corrected chi connectivity index (χ3v) is 4.94. The smallest absolute Gasteiger partial charge is 0.272 e. The van der Waals surface area contributed by atoms with Gasteiger partial charge in [0.2, 0.25) is 5.52 Å². The number of aromatic nitrogens is 4. The molecule has 19 heavy (non-hydrogen) atoms. The van der Waals surface area contributed by atoms with Crippen LogP contribution in [0, 0.1) is 0 Å². The Morgan fingerprint density at radius 2 is 2.16 bits per heavy atom. The van der Waals surface area contributed by atoms with Gasteiger partial charge in [0, 0.05) is 30.2 Å². The lowest BCUT2D eigenvalue weighted by Crippen LogP contribution is -2.29. The van der Waals surface area contributed by atoms with Crippen LogP contribution in [0.2, 0.25) is 0 Å². The highest BCUT2D eigenvalue weighted by molar-refractivity contribution is 7.20. The molecule has 0 atom stereocenters.